The van der Waals surface area contributed by atoms with Crippen LogP contribution in [-0.4, -0.2) is 52.0 Å². The molecule has 3 N–H and O–H groups in total. The molecule has 9 heteroatoms. The van der Waals surface area contributed by atoms with E-state index >= 15 is 0 Å². The number of amides is 1. The molecular formula is C17H25N3O6. The topological polar surface area (TPSA) is 123 Å². The molecule has 0 spiro atoms. The quantitative estimate of drug-likeness (QED) is 0.627. The maximum Gasteiger partial charge on any atom is 0.330 e. The van der Waals surface area contributed by atoms with Gasteiger partial charge in [0.15, 0.2) is 0 Å². The minimum absolute atomic E-state index is 0.0898. The Bertz CT molecular complexity index is 752. The number of hydrogen-bond donors (Lipinski definition) is 3. The summed E-state index contributed by atoms with van der Waals surface area (Å²) in [5.41, 5.74) is -0.628. The van der Waals surface area contributed by atoms with Crippen molar-refractivity contribution in [3.05, 3.63) is 32.6 Å². The summed E-state index contributed by atoms with van der Waals surface area (Å²) in [6.07, 6.45) is 2.33. The highest BCUT2D eigenvalue weighted by atomic mass is 16.5. The van der Waals surface area contributed by atoms with Crippen LogP contribution < -0.4 is 16.6 Å². The molecule has 144 valence electrons. The van der Waals surface area contributed by atoms with Crippen molar-refractivity contribution in [2.75, 3.05) is 13.2 Å². The van der Waals surface area contributed by atoms with Gasteiger partial charge in [-0.3, -0.25) is 19.1 Å². The van der Waals surface area contributed by atoms with Gasteiger partial charge in [-0.1, -0.05) is 0 Å². The number of rotatable bonds is 6. The summed E-state index contributed by atoms with van der Waals surface area (Å²) in [6, 6.07) is 0. The van der Waals surface area contributed by atoms with Crippen LogP contribution in [0.15, 0.2) is 15.8 Å². The molecule has 2 aliphatic heterocycles. The monoisotopic (exact) mass is 367 g/mol. The van der Waals surface area contributed by atoms with Crippen LogP contribution in [0.1, 0.15) is 43.9 Å². The number of aliphatic hydroxyl groups excluding tert-OH is 1. The largest absolute Gasteiger partial charge is 0.390 e. The van der Waals surface area contributed by atoms with Crippen LogP contribution in [-0.2, 0) is 14.3 Å². The van der Waals surface area contributed by atoms with Gasteiger partial charge in [0, 0.05) is 37.8 Å². The second-order valence-electron chi connectivity index (χ2n) is 6.89. The fourth-order valence-electron chi connectivity index (χ4n) is 3.34. The summed E-state index contributed by atoms with van der Waals surface area (Å²) in [5, 5.41) is 13.0. The fraction of sp³-hybridized carbons (Fsp3) is 0.706. The van der Waals surface area contributed by atoms with Gasteiger partial charge in [0.2, 0.25) is 5.91 Å². The number of hydrogen-bond acceptors (Lipinski definition) is 6. The van der Waals surface area contributed by atoms with Crippen LogP contribution in [0.25, 0.3) is 0 Å². The van der Waals surface area contributed by atoms with Crippen LogP contribution in [0.3, 0.4) is 0 Å². The van der Waals surface area contributed by atoms with Crippen molar-refractivity contribution in [1.29, 1.82) is 0 Å². The fourth-order valence-corrected chi connectivity index (χ4v) is 3.34. The number of ether oxygens (including phenoxy) is 2. The standard InChI is InChI=1S/C17H25N3O6/c1-10-9-20(17(24)19-16(10)23)15-7-12(21)13(26-15)4-5-14(22)18-8-11-3-2-6-25-11/h9,11-13,15,21H,2-8H2,1H3,(H,18,22)(H,19,23,24)/t11?,12-,13+,15+/m0/s1. The Morgan fingerprint density at radius 3 is 3.00 bits per heavy atom. The second-order valence-corrected chi connectivity index (χ2v) is 6.89. The van der Waals surface area contributed by atoms with Crippen LogP contribution in [0.2, 0.25) is 0 Å². The first-order valence-corrected chi connectivity index (χ1v) is 8.98. The third-order valence-corrected chi connectivity index (χ3v) is 4.87. The Morgan fingerprint density at radius 1 is 1.46 bits per heavy atom. The van der Waals surface area contributed by atoms with Gasteiger partial charge >= 0.3 is 5.69 Å². The van der Waals surface area contributed by atoms with E-state index in [9.17, 15) is 19.5 Å². The summed E-state index contributed by atoms with van der Waals surface area (Å²) < 4.78 is 12.5. The van der Waals surface area contributed by atoms with Crippen molar-refractivity contribution >= 4 is 5.91 Å². The van der Waals surface area contributed by atoms with Gasteiger partial charge < -0.3 is 19.9 Å². The molecule has 9 nitrogen and oxygen atoms in total. The lowest BCUT2D eigenvalue weighted by Gasteiger charge is -2.16. The number of aliphatic hydroxyl groups is 1. The first-order valence-electron chi connectivity index (χ1n) is 8.98. The summed E-state index contributed by atoms with van der Waals surface area (Å²) in [7, 11) is 0. The lowest BCUT2D eigenvalue weighted by molar-refractivity contribution is -0.122. The minimum atomic E-state index is -0.773. The maximum absolute atomic E-state index is 12.0. The Morgan fingerprint density at radius 2 is 2.27 bits per heavy atom. The van der Waals surface area contributed by atoms with Gasteiger partial charge in [-0.25, -0.2) is 4.79 Å². The first-order chi connectivity index (χ1) is 12.4. The van der Waals surface area contributed by atoms with Crippen LogP contribution in [0.4, 0.5) is 0 Å². The molecule has 26 heavy (non-hydrogen) atoms. The number of H-pyrrole nitrogens is 1. The highest BCUT2D eigenvalue weighted by Gasteiger charge is 2.35. The summed E-state index contributed by atoms with van der Waals surface area (Å²) in [4.78, 5) is 37.6. The van der Waals surface area contributed by atoms with Crippen LogP contribution in [0, 0.1) is 6.92 Å². The van der Waals surface area contributed by atoms with Crippen molar-refractivity contribution in [3.63, 3.8) is 0 Å². The molecule has 0 aliphatic carbocycles. The maximum atomic E-state index is 12.0. The van der Waals surface area contributed by atoms with Gasteiger partial charge in [0.05, 0.1) is 18.3 Å². The Kier molecular flexibility index (Phi) is 5.90. The van der Waals surface area contributed by atoms with Gasteiger partial charge in [-0.15, -0.1) is 0 Å². The van der Waals surface area contributed by atoms with Gasteiger partial charge in [-0.2, -0.15) is 0 Å². The van der Waals surface area contributed by atoms with Gasteiger partial charge in [0.25, 0.3) is 5.56 Å². The zero-order valence-corrected chi connectivity index (χ0v) is 14.8. The zero-order valence-electron chi connectivity index (χ0n) is 14.8. The Balaban J connectivity index is 1.51. The predicted octanol–water partition coefficient (Wildman–Crippen LogP) is -0.431. The Labute approximate surface area is 150 Å². The molecule has 1 aromatic rings. The molecular weight excluding hydrogens is 342 g/mol. The summed E-state index contributed by atoms with van der Waals surface area (Å²) in [5.74, 6) is -0.114. The predicted molar refractivity (Wildman–Crippen MR) is 91.8 cm³/mol. The normalized spacial score (nSPS) is 28.4. The number of carbonyl (C=O) groups excluding carboxylic acids is 1. The summed E-state index contributed by atoms with van der Waals surface area (Å²) >= 11 is 0. The van der Waals surface area contributed by atoms with Crippen molar-refractivity contribution < 1.29 is 19.4 Å². The molecule has 2 aliphatic rings. The SMILES string of the molecule is Cc1cn([C@H]2C[C@H](O)[C@@H](CCC(=O)NCC3CCCO3)O2)c(=O)[nH]c1=O. The molecule has 1 unspecified atom stereocenters. The molecule has 0 saturated carbocycles. The molecule has 2 saturated heterocycles. The lowest BCUT2D eigenvalue weighted by atomic mass is 10.1. The number of carbonyl (C=O) groups is 1. The van der Waals surface area contributed by atoms with E-state index in [1.807, 2.05) is 0 Å². The van der Waals surface area contributed by atoms with Crippen molar-refractivity contribution in [1.82, 2.24) is 14.9 Å². The third kappa shape index (κ3) is 4.40. The smallest absolute Gasteiger partial charge is 0.330 e. The zero-order chi connectivity index (χ0) is 18.7. The minimum Gasteiger partial charge on any atom is -0.390 e. The Hall–Kier alpha value is -1.97. The van der Waals surface area contributed by atoms with E-state index in [4.69, 9.17) is 9.47 Å². The van der Waals surface area contributed by atoms with Crippen molar-refractivity contribution in [2.24, 2.45) is 0 Å². The van der Waals surface area contributed by atoms with Crippen molar-refractivity contribution in [2.45, 2.75) is 63.6 Å². The molecule has 0 aromatic carbocycles. The molecule has 1 amide bonds. The molecule has 0 radical (unpaired) electrons. The molecule has 1 aromatic heterocycles. The highest BCUT2D eigenvalue weighted by Crippen LogP contribution is 2.30. The average Bonchev–Trinajstić information content (AvgIpc) is 3.24. The molecule has 3 rings (SSSR count). The number of nitrogens with one attached hydrogen (secondary N) is 2. The molecule has 0 bridgehead atoms. The average molecular weight is 367 g/mol. The van der Waals surface area contributed by atoms with E-state index in [0.717, 1.165) is 19.4 Å². The first kappa shape index (κ1) is 18.8. The van der Waals surface area contributed by atoms with E-state index in [1.165, 1.54) is 10.8 Å². The van der Waals surface area contributed by atoms with Crippen molar-refractivity contribution in [3.8, 4) is 0 Å². The van der Waals surface area contributed by atoms with E-state index in [-0.39, 0.29) is 24.9 Å². The van der Waals surface area contributed by atoms with E-state index in [1.54, 1.807) is 6.92 Å². The number of aryl methyl sites for hydroxylation is 1. The van der Waals surface area contributed by atoms with Gasteiger partial charge in [-0.05, 0) is 26.2 Å². The highest BCUT2D eigenvalue weighted by molar-refractivity contribution is 5.75. The van der Waals surface area contributed by atoms with Crippen LogP contribution in [0.5, 0.6) is 0 Å². The second kappa shape index (κ2) is 8.15. The summed E-state index contributed by atoms with van der Waals surface area (Å²) in [6.45, 7) is 2.84. The van der Waals surface area contributed by atoms with Gasteiger partial charge in [0.1, 0.15) is 6.23 Å². The lowest BCUT2D eigenvalue weighted by Crippen LogP contribution is -2.33. The molecule has 2 fully saturated rings. The van der Waals surface area contributed by atoms with E-state index in [2.05, 4.69) is 10.3 Å². The molecule has 3 heterocycles. The number of aromatic amines is 1. The van der Waals surface area contributed by atoms with Crippen LogP contribution >= 0.6 is 0 Å². The number of nitrogens with zero attached hydrogens (tertiary/aromatic N) is 1. The third-order valence-electron chi connectivity index (χ3n) is 4.87. The molecule has 4 atom stereocenters. The van der Waals surface area contributed by atoms with E-state index < -0.39 is 29.7 Å². The number of aromatic nitrogens is 2. The van der Waals surface area contributed by atoms with E-state index in [0.29, 0.717) is 18.5 Å².